The van der Waals surface area contributed by atoms with Crippen LogP contribution >= 0.6 is 15.2 Å². The van der Waals surface area contributed by atoms with E-state index in [0.717, 1.165) is 36.6 Å². The van der Waals surface area contributed by atoms with Crippen molar-refractivity contribution in [3.05, 3.63) is 18.7 Å². The molecular weight excluding hydrogens is 526 g/mol. The molecule has 1 aromatic rings. The molecule has 19 heteroatoms. The lowest BCUT2D eigenvalue weighted by atomic mass is 10.1. The van der Waals surface area contributed by atoms with Crippen molar-refractivity contribution >= 4 is 27.1 Å². The molecule has 1 unspecified atom stereocenters. The van der Waals surface area contributed by atoms with Gasteiger partial charge in [0.25, 0.3) is 5.08 Å². The van der Waals surface area contributed by atoms with Crippen molar-refractivity contribution in [3.63, 3.8) is 0 Å². The van der Waals surface area contributed by atoms with Crippen LogP contribution in [-0.2, 0) is 25.3 Å². The number of carbonyl (C=O) groups is 2. The zero-order valence-corrected chi connectivity index (χ0v) is 21.4. The summed E-state index contributed by atoms with van der Waals surface area (Å²) in [5.74, 6) is -1.87. The van der Waals surface area contributed by atoms with E-state index in [2.05, 4.69) is 4.98 Å². The highest BCUT2D eigenvalue weighted by molar-refractivity contribution is 7.72. The Labute approximate surface area is 207 Å². The van der Waals surface area contributed by atoms with E-state index in [9.17, 15) is 23.8 Å². The maximum absolute atomic E-state index is 10.9. The predicted molar refractivity (Wildman–Crippen MR) is 128 cm³/mol. The van der Waals surface area contributed by atoms with Gasteiger partial charge in [0.05, 0.1) is 12.9 Å². The van der Waals surface area contributed by atoms with Crippen LogP contribution in [0.2, 0.25) is 0 Å². The molecule has 2 atom stereocenters. The fraction of sp³-hybridized carbons (Fsp3) is 0.706. The number of imidazole rings is 1. The first-order chi connectivity index (χ1) is 16.4. The van der Waals surface area contributed by atoms with Crippen molar-refractivity contribution in [2.45, 2.75) is 62.2 Å². The maximum atomic E-state index is 10.9. The number of aliphatic carboxylic acids is 2. The van der Waals surface area contributed by atoms with Gasteiger partial charge in [0.1, 0.15) is 12.1 Å². The van der Waals surface area contributed by atoms with Gasteiger partial charge in [0.15, 0.2) is 0 Å². The number of aliphatic hydroxyl groups is 1. The molecular formula is C17H38N6O11P2. The number of nitrogens with zero attached hydrogens (tertiary/aromatic N) is 2. The van der Waals surface area contributed by atoms with Gasteiger partial charge in [-0.15, -0.1) is 0 Å². The van der Waals surface area contributed by atoms with Gasteiger partial charge in [-0.2, -0.15) is 0 Å². The van der Waals surface area contributed by atoms with E-state index < -0.39 is 50.8 Å². The van der Waals surface area contributed by atoms with Crippen LogP contribution in [0.5, 0.6) is 0 Å². The molecule has 0 aliphatic carbocycles. The van der Waals surface area contributed by atoms with Gasteiger partial charge in [-0.25, -0.2) is 4.98 Å². The molecule has 0 bridgehead atoms. The molecule has 0 aliphatic rings. The molecule has 1 aromatic heterocycles. The highest BCUT2D eigenvalue weighted by atomic mass is 31.2. The summed E-state index contributed by atoms with van der Waals surface area (Å²) in [6.45, 7) is 0.250. The first-order valence-corrected chi connectivity index (χ1v) is 13.8. The number of aromatic nitrogens is 2. The summed E-state index contributed by atoms with van der Waals surface area (Å²) in [6, 6.07) is -1.43. The van der Waals surface area contributed by atoms with Crippen molar-refractivity contribution in [2.75, 3.05) is 13.1 Å². The van der Waals surface area contributed by atoms with Gasteiger partial charge < -0.3 is 62.4 Å². The van der Waals surface area contributed by atoms with Crippen LogP contribution in [0, 0.1) is 0 Å². The van der Waals surface area contributed by atoms with Crippen molar-refractivity contribution in [3.8, 4) is 0 Å². The highest BCUT2D eigenvalue weighted by Crippen LogP contribution is 2.67. The lowest BCUT2D eigenvalue weighted by molar-refractivity contribution is -0.139. The average Bonchev–Trinajstić information content (AvgIpc) is 3.26. The second-order valence-electron chi connectivity index (χ2n) is 7.56. The number of carboxylic acids is 2. The molecule has 1 rings (SSSR count). The van der Waals surface area contributed by atoms with Crippen molar-refractivity contribution in [1.82, 2.24) is 9.55 Å². The van der Waals surface area contributed by atoms with Crippen LogP contribution in [0.3, 0.4) is 0 Å². The lowest BCUT2D eigenvalue weighted by Crippen LogP contribution is -2.33. The third-order valence-electron chi connectivity index (χ3n) is 4.46. The first-order valence-electron chi connectivity index (χ1n) is 10.6. The van der Waals surface area contributed by atoms with Crippen LogP contribution in [0.4, 0.5) is 0 Å². The average molecular weight is 564 g/mol. The summed E-state index contributed by atoms with van der Waals surface area (Å²) in [6.07, 6.45) is 7.83. The smallest absolute Gasteiger partial charge is 0.371 e. The minimum absolute atomic E-state index is 0.520. The second-order valence-corrected chi connectivity index (χ2v) is 11.6. The maximum Gasteiger partial charge on any atom is 0.371 e. The van der Waals surface area contributed by atoms with Crippen LogP contribution in [0.15, 0.2) is 18.7 Å². The molecule has 0 aromatic carbocycles. The van der Waals surface area contributed by atoms with Gasteiger partial charge in [-0.1, -0.05) is 12.8 Å². The van der Waals surface area contributed by atoms with Crippen molar-refractivity contribution in [2.24, 2.45) is 22.9 Å². The van der Waals surface area contributed by atoms with E-state index in [0.29, 0.717) is 25.9 Å². The Balaban J connectivity index is 0. The van der Waals surface area contributed by atoms with E-state index in [1.807, 2.05) is 0 Å². The van der Waals surface area contributed by atoms with E-state index in [1.165, 1.54) is 12.4 Å². The third kappa shape index (κ3) is 14.7. The minimum atomic E-state index is -5.41. The van der Waals surface area contributed by atoms with E-state index in [-0.39, 0.29) is 0 Å². The second kappa shape index (κ2) is 17.7. The molecule has 0 saturated carbocycles. The summed E-state index contributed by atoms with van der Waals surface area (Å²) in [5.41, 5.74) is 20.8. The molecule has 0 saturated heterocycles. The van der Waals surface area contributed by atoms with E-state index in [4.69, 9.17) is 52.7 Å². The van der Waals surface area contributed by atoms with E-state index >= 15 is 0 Å². The van der Waals surface area contributed by atoms with E-state index in [1.54, 1.807) is 0 Å². The molecule has 1 heterocycles. The lowest BCUT2D eigenvalue weighted by Gasteiger charge is -2.29. The molecule has 36 heavy (non-hydrogen) atoms. The standard InChI is InChI=1S/2C6H14N2O2.C5H10N2O7P2/c2*7-4-2-1-3-5(8)6(9)10;8-5(15(9,10)11,16(12,13)14)3-7-2-1-6-4-7/h2*5H,1-4,7-8H2,(H,9,10);1-2,4,8H,3H2,(H2,9,10,11)(H2,12,13,14)/t5-;;/m0../s1. The number of carboxylic acid groups (broad SMARTS) is 2. The molecule has 0 fully saturated rings. The summed E-state index contributed by atoms with van der Waals surface area (Å²) < 4.78 is 22.8. The number of rotatable bonds is 14. The summed E-state index contributed by atoms with van der Waals surface area (Å²) in [5, 5.41) is 22.7. The normalized spacial score (nSPS) is 13.5. The number of hydrogen-bond donors (Lipinski definition) is 11. The Morgan fingerprint density at radius 2 is 1.25 bits per heavy atom. The quantitative estimate of drug-likeness (QED) is 0.0854. The Bertz CT molecular complexity index is 798. The number of hydrogen-bond acceptors (Lipinski definition) is 10. The first kappa shape index (κ1) is 36.4. The zero-order valence-electron chi connectivity index (χ0n) is 19.6. The van der Waals surface area contributed by atoms with Crippen LogP contribution < -0.4 is 22.9 Å². The molecule has 17 nitrogen and oxygen atoms in total. The zero-order chi connectivity index (χ0) is 28.6. The summed E-state index contributed by atoms with van der Waals surface area (Å²) in [7, 11) is -10.8. The SMILES string of the molecule is NCCCCC(N)C(=O)O.NCCCC[C@H](N)C(=O)O.O=P(O)(O)C(O)(Cn1ccnc1)P(=O)(O)O. The Hall–Kier alpha value is -1.75. The van der Waals surface area contributed by atoms with Crippen molar-refractivity contribution in [1.29, 1.82) is 0 Å². The Morgan fingerprint density at radius 1 is 0.861 bits per heavy atom. The molecule has 0 radical (unpaired) electrons. The third-order valence-corrected chi connectivity index (χ3v) is 8.17. The Kier molecular flexibility index (Phi) is 17.9. The van der Waals surface area contributed by atoms with Gasteiger partial charge in [0, 0.05) is 12.4 Å². The molecule has 212 valence electrons. The highest BCUT2D eigenvalue weighted by Gasteiger charge is 2.59. The number of nitrogens with two attached hydrogens (primary N) is 4. The van der Waals surface area contributed by atoms with Crippen molar-refractivity contribution < 1.29 is 53.6 Å². The van der Waals surface area contributed by atoms with Gasteiger partial charge in [-0.3, -0.25) is 18.7 Å². The summed E-state index contributed by atoms with van der Waals surface area (Å²) in [4.78, 5) is 59.0. The largest absolute Gasteiger partial charge is 0.480 e. The molecule has 0 aliphatic heterocycles. The van der Waals surface area contributed by atoms with Gasteiger partial charge >= 0.3 is 27.1 Å². The monoisotopic (exact) mass is 564 g/mol. The topological polar surface area (TPSA) is 332 Å². The molecule has 15 N–H and O–H groups in total. The van der Waals surface area contributed by atoms with Gasteiger partial charge in [0.2, 0.25) is 0 Å². The Morgan fingerprint density at radius 3 is 1.50 bits per heavy atom. The fourth-order valence-electron chi connectivity index (χ4n) is 2.24. The van der Waals surface area contributed by atoms with Gasteiger partial charge in [-0.05, 0) is 38.8 Å². The molecule has 0 spiro atoms. The number of unbranched alkanes of at least 4 members (excludes halogenated alkanes) is 2. The molecule has 0 amide bonds. The van der Waals surface area contributed by atoms with Crippen LogP contribution in [0.25, 0.3) is 0 Å². The van der Waals surface area contributed by atoms with Crippen LogP contribution in [-0.4, -0.2) is 86.6 Å². The predicted octanol–water partition coefficient (Wildman–Crippen LogP) is -2.06. The minimum Gasteiger partial charge on any atom is -0.480 e. The summed E-state index contributed by atoms with van der Waals surface area (Å²) >= 11 is 0. The van der Waals surface area contributed by atoms with Crippen LogP contribution in [0.1, 0.15) is 38.5 Å². The fourth-order valence-corrected chi connectivity index (χ4v) is 4.30.